The van der Waals surface area contributed by atoms with E-state index in [-0.39, 0.29) is 6.42 Å². The van der Waals surface area contributed by atoms with Crippen LogP contribution in [-0.4, -0.2) is 49.9 Å². The summed E-state index contributed by atoms with van der Waals surface area (Å²) >= 11 is 0. The summed E-state index contributed by atoms with van der Waals surface area (Å²) in [5, 5.41) is 27.4. The predicted molar refractivity (Wildman–Crippen MR) is 40.7 cm³/mol. The maximum Gasteiger partial charge on any atom is 0.469 e. The average Bonchev–Trinajstić information content (AvgIpc) is 2.22. The molecule has 9 heteroatoms. The summed E-state index contributed by atoms with van der Waals surface area (Å²) in [6.07, 6.45) is -3.08. The summed E-state index contributed by atoms with van der Waals surface area (Å²) in [7, 11) is -4.74. The fraction of sp³-hybridized carbons (Fsp3) is 1.00. The van der Waals surface area contributed by atoms with Crippen molar-refractivity contribution in [2.45, 2.75) is 24.6 Å². The van der Waals surface area contributed by atoms with Gasteiger partial charge in [-0.1, -0.05) is 0 Å². The Kier molecular flexibility index (Phi) is 3.30. The van der Waals surface area contributed by atoms with E-state index in [1.807, 2.05) is 0 Å². The molecule has 1 rings (SSSR count). The van der Waals surface area contributed by atoms with Crippen LogP contribution in [0.5, 0.6) is 0 Å². The third kappa shape index (κ3) is 2.97. The van der Waals surface area contributed by atoms with Crippen LogP contribution in [0.3, 0.4) is 0 Å². The molecule has 0 unspecified atom stereocenters. The first kappa shape index (κ1) is 12.0. The van der Waals surface area contributed by atoms with E-state index in [1.165, 1.54) is 0 Å². The summed E-state index contributed by atoms with van der Waals surface area (Å²) < 4.78 is 18.7. The predicted octanol–water partition coefficient (Wildman–Crippen LogP) is -2.12. The van der Waals surface area contributed by atoms with Crippen molar-refractivity contribution in [2.75, 3.05) is 6.61 Å². The lowest BCUT2D eigenvalue weighted by Gasteiger charge is -2.24. The Morgan fingerprint density at radius 2 is 2.07 bits per heavy atom. The van der Waals surface area contributed by atoms with Gasteiger partial charge in [0.1, 0.15) is 12.7 Å². The molecule has 1 aliphatic rings. The Bertz CT molecular complexity index is 250. The zero-order chi connectivity index (χ0) is 11.0. The first-order valence-electron chi connectivity index (χ1n) is 3.69. The number of phosphoric acid groups is 1. The number of phosphoric ester groups is 1. The SMILES string of the molecule is O=P(O)(O)OC[C@@]1(O)O[C@H](O)C[C@@H]1O. The summed E-state index contributed by atoms with van der Waals surface area (Å²) in [4.78, 5) is 16.6. The lowest BCUT2D eigenvalue weighted by Crippen LogP contribution is -2.43. The number of aliphatic hydroxyl groups is 3. The van der Waals surface area contributed by atoms with Crippen LogP contribution in [0.1, 0.15) is 6.42 Å². The van der Waals surface area contributed by atoms with Crippen molar-refractivity contribution in [3.8, 4) is 0 Å². The number of aliphatic hydroxyl groups excluding tert-OH is 2. The Morgan fingerprint density at radius 1 is 1.50 bits per heavy atom. The molecular weight excluding hydrogens is 219 g/mol. The van der Waals surface area contributed by atoms with Crippen LogP contribution in [0.4, 0.5) is 0 Å². The molecule has 1 fully saturated rings. The van der Waals surface area contributed by atoms with Gasteiger partial charge in [-0.15, -0.1) is 0 Å². The van der Waals surface area contributed by atoms with Gasteiger partial charge >= 0.3 is 7.82 Å². The molecule has 84 valence electrons. The normalized spacial score (nSPS) is 38.9. The van der Waals surface area contributed by atoms with Crippen LogP contribution in [-0.2, 0) is 13.8 Å². The number of ether oxygens (including phenoxy) is 1. The van der Waals surface area contributed by atoms with Crippen LogP contribution in [0.25, 0.3) is 0 Å². The van der Waals surface area contributed by atoms with Crippen molar-refractivity contribution in [3.05, 3.63) is 0 Å². The molecule has 0 radical (unpaired) electrons. The highest BCUT2D eigenvalue weighted by Gasteiger charge is 2.47. The zero-order valence-corrected chi connectivity index (χ0v) is 7.87. The van der Waals surface area contributed by atoms with E-state index in [2.05, 4.69) is 9.26 Å². The highest BCUT2D eigenvalue weighted by atomic mass is 31.2. The highest BCUT2D eigenvalue weighted by molar-refractivity contribution is 7.46. The largest absolute Gasteiger partial charge is 0.469 e. The van der Waals surface area contributed by atoms with E-state index in [0.717, 1.165) is 0 Å². The van der Waals surface area contributed by atoms with Gasteiger partial charge < -0.3 is 29.8 Å². The molecule has 1 saturated heterocycles. The van der Waals surface area contributed by atoms with E-state index >= 15 is 0 Å². The average molecular weight is 230 g/mol. The Hall–Kier alpha value is -0.0500. The van der Waals surface area contributed by atoms with E-state index in [9.17, 15) is 9.67 Å². The number of hydrogen-bond acceptors (Lipinski definition) is 6. The van der Waals surface area contributed by atoms with Crippen LogP contribution in [0.15, 0.2) is 0 Å². The second-order valence-electron chi connectivity index (χ2n) is 2.93. The van der Waals surface area contributed by atoms with Gasteiger partial charge in [0.2, 0.25) is 5.79 Å². The van der Waals surface area contributed by atoms with Gasteiger partial charge in [-0.3, -0.25) is 4.52 Å². The monoisotopic (exact) mass is 230 g/mol. The number of hydrogen-bond donors (Lipinski definition) is 5. The molecule has 1 aliphatic heterocycles. The van der Waals surface area contributed by atoms with Crippen molar-refractivity contribution in [1.82, 2.24) is 0 Å². The second-order valence-corrected chi connectivity index (χ2v) is 4.17. The molecule has 3 atom stereocenters. The van der Waals surface area contributed by atoms with Crippen molar-refractivity contribution in [3.63, 3.8) is 0 Å². The van der Waals surface area contributed by atoms with E-state index in [0.29, 0.717) is 0 Å². The molecule has 0 amide bonds. The third-order valence-corrected chi connectivity index (χ3v) is 2.19. The molecule has 0 aromatic carbocycles. The Balaban J connectivity index is 2.54. The maximum absolute atomic E-state index is 10.3. The zero-order valence-electron chi connectivity index (χ0n) is 6.98. The van der Waals surface area contributed by atoms with Gasteiger partial charge in [0.25, 0.3) is 0 Å². The molecule has 14 heavy (non-hydrogen) atoms. The topological polar surface area (TPSA) is 137 Å². The van der Waals surface area contributed by atoms with Crippen molar-refractivity contribution < 1.29 is 38.9 Å². The Morgan fingerprint density at radius 3 is 2.43 bits per heavy atom. The van der Waals surface area contributed by atoms with Gasteiger partial charge in [-0.2, -0.15) is 0 Å². The minimum atomic E-state index is -4.74. The molecule has 0 aromatic rings. The molecule has 0 saturated carbocycles. The molecule has 0 aliphatic carbocycles. The summed E-state index contributed by atoms with van der Waals surface area (Å²) in [6.45, 7) is -0.921. The molecular formula is C5H11O8P. The Labute approximate surface area is 78.9 Å². The third-order valence-electron chi connectivity index (χ3n) is 1.73. The molecule has 0 aromatic heterocycles. The van der Waals surface area contributed by atoms with E-state index in [4.69, 9.17) is 20.0 Å². The fourth-order valence-corrected chi connectivity index (χ4v) is 1.40. The van der Waals surface area contributed by atoms with Gasteiger partial charge in [-0.25, -0.2) is 4.57 Å². The van der Waals surface area contributed by atoms with Crippen molar-refractivity contribution >= 4 is 7.82 Å². The van der Waals surface area contributed by atoms with Crippen molar-refractivity contribution in [1.29, 1.82) is 0 Å². The fourth-order valence-electron chi connectivity index (χ4n) is 1.04. The van der Waals surface area contributed by atoms with Gasteiger partial charge in [0.05, 0.1) is 0 Å². The first-order chi connectivity index (χ1) is 6.23. The van der Waals surface area contributed by atoms with Crippen LogP contribution >= 0.6 is 7.82 Å². The van der Waals surface area contributed by atoms with Crippen LogP contribution < -0.4 is 0 Å². The minimum absolute atomic E-state index is 0.249. The van der Waals surface area contributed by atoms with E-state index in [1.54, 1.807) is 0 Å². The molecule has 5 N–H and O–H groups in total. The van der Waals surface area contributed by atoms with Gasteiger partial charge in [0.15, 0.2) is 6.29 Å². The summed E-state index contributed by atoms with van der Waals surface area (Å²) in [5.41, 5.74) is 0. The minimum Gasteiger partial charge on any atom is -0.387 e. The highest BCUT2D eigenvalue weighted by Crippen LogP contribution is 2.39. The molecule has 0 bridgehead atoms. The number of rotatable bonds is 3. The van der Waals surface area contributed by atoms with Crippen LogP contribution in [0.2, 0.25) is 0 Å². The molecule has 1 heterocycles. The lowest BCUT2D eigenvalue weighted by atomic mass is 10.1. The second kappa shape index (κ2) is 3.84. The quantitative estimate of drug-likeness (QED) is 0.347. The maximum atomic E-state index is 10.3. The van der Waals surface area contributed by atoms with Gasteiger partial charge in [-0.05, 0) is 0 Å². The van der Waals surface area contributed by atoms with E-state index < -0.39 is 32.6 Å². The summed E-state index contributed by atoms with van der Waals surface area (Å²) in [5.74, 6) is -2.28. The molecule has 8 nitrogen and oxygen atoms in total. The van der Waals surface area contributed by atoms with Gasteiger partial charge in [0, 0.05) is 6.42 Å². The first-order valence-corrected chi connectivity index (χ1v) is 5.22. The van der Waals surface area contributed by atoms with Crippen LogP contribution in [0, 0.1) is 0 Å². The molecule has 0 spiro atoms. The smallest absolute Gasteiger partial charge is 0.387 e. The standard InChI is InChI=1S/C5H11O8P/c6-3-1-4(7)13-5(3,8)2-12-14(9,10)11/h3-4,6-8H,1-2H2,(H2,9,10,11)/t3-,4-,5+/m0/s1. The lowest BCUT2D eigenvalue weighted by molar-refractivity contribution is -0.269. The summed E-state index contributed by atoms with van der Waals surface area (Å²) in [6, 6.07) is 0. The van der Waals surface area contributed by atoms with Crippen molar-refractivity contribution in [2.24, 2.45) is 0 Å².